The van der Waals surface area contributed by atoms with Crippen LogP contribution in [-0.4, -0.2) is 30.5 Å². The van der Waals surface area contributed by atoms with Gasteiger partial charge in [0.2, 0.25) is 5.91 Å². The number of nitrogens with one attached hydrogen (secondary N) is 2. The number of nitrogens with zero attached hydrogens (tertiary/aromatic N) is 1. The number of aromatic nitrogens is 1. The molecule has 0 aliphatic carbocycles. The second-order valence-electron chi connectivity index (χ2n) is 7.28. The molecule has 0 unspecified atom stereocenters. The van der Waals surface area contributed by atoms with Gasteiger partial charge >= 0.3 is 0 Å². The van der Waals surface area contributed by atoms with Crippen LogP contribution in [0.3, 0.4) is 0 Å². The summed E-state index contributed by atoms with van der Waals surface area (Å²) >= 11 is 3.13. The Morgan fingerprint density at radius 1 is 1.03 bits per heavy atom. The van der Waals surface area contributed by atoms with Crippen molar-refractivity contribution in [1.82, 2.24) is 10.3 Å². The number of anilines is 1. The first-order chi connectivity index (χ1) is 16.1. The van der Waals surface area contributed by atoms with E-state index in [1.807, 2.05) is 46.5 Å². The summed E-state index contributed by atoms with van der Waals surface area (Å²) in [5.41, 5.74) is 3.78. The van der Waals surface area contributed by atoms with E-state index in [0.29, 0.717) is 29.9 Å². The Morgan fingerprint density at radius 2 is 1.85 bits per heavy atom. The van der Waals surface area contributed by atoms with Gasteiger partial charge in [0.05, 0.1) is 30.5 Å². The molecule has 4 rings (SSSR count). The summed E-state index contributed by atoms with van der Waals surface area (Å²) in [4.78, 5) is 29.9. The van der Waals surface area contributed by atoms with E-state index in [1.165, 1.54) is 11.3 Å². The molecule has 2 aromatic heterocycles. The highest BCUT2D eigenvalue weighted by Crippen LogP contribution is 2.26. The van der Waals surface area contributed by atoms with E-state index >= 15 is 0 Å². The molecule has 4 aromatic rings. The van der Waals surface area contributed by atoms with Crippen molar-refractivity contribution < 1.29 is 14.3 Å². The van der Waals surface area contributed by atoms with Gasteiger partial charge in [-0.15, -0.1) is 11.3 Å². The lowest BCUT2D eigenvalue weighted by Gasteiger charge is -2.11. The number of hydrogen-bond donors (Lipinski definition) is 2. The number of methoxy groups -OCH3 is 1. The molecule has 2 heterocycles. The van der Waals surface area contributed by atoms with Gasteiger partial charge in [0.15, 0.2) is 0 Å². The molecule has 0 aliphatic heterocycles. The predicted octanol–water partition coefficient (Wildman–Crippen LogP) is 5.03. The molecule has 6 nitrogen and oxygen atoms in total. The fourth-order valence-electron chi connectivity index (χ4n) is 3.26. The molecule has 0 saturated carbocycles. The van der Waals surface area contributed by atoms with Crippen LogP contribution in [0.4, 0.5) is 5.69 Å². The quantitative estimate of drug-likeness (QED) is 0.354. The summed E-state index contributed by atoms with van der Waals surface area (Å²) in [7, 11) is 1.63. The average Bonchev–Trinajstić information content (AvgIpc) is 3.52. The number of hydrogen-bond acceptors (Lipinski definition) is 6. The molecule has 0 spiro atoms. The van der Waals surface area contributed by atoms with Crippen molar-refractivity contribution in [3.05, 3.63) is 87.6 Å². The molecular weight excluding hydrogens is 454 g/mol. The monoisotopic (exact) mass is 477 g/mol. The van der Waals surface area contributed by atoms with Gasteiger partial charge in [0.1, 0.15) is 10.8 Å². The smallest absolute Gasteiger partial charge is 0.253 e. The van der Waals surface area contributed by atoms with Crippen molar-refractivity contribution in [3.8, 4) is 16.3 Å². The Hall–Kier alpha value is -3.49. The SMILES string of the molecule is COc1ccc(CCNC(=O)c2ccccc2NC(=O)Cc2csc(-c3ccsc3)n2)cc1. The standard InChI is InChI=1S/C25H23N3O3S2/c1-31-20-8-6-17(7-9-20)10-12-26-24(30)21-4-2-3-5-22(21)28-23(29)14-19-16-33-25(27-19)18-11-13-32-15-18/h2-9,11,13,15-16H,10,12,14H2,1H3,(H,26,30)(H,28,29). The first-order valence-electron chi connectivity index (χ1n) is 10.4. The molecule has 2 N–H and O–H groups in total. The molecule has 2 amide bonds. The largest absolute Gasteiger partial charge is 0.497 e. The lowest BCUT2D eigenvalue weighted by Crippen LogP contribution is -2.27. The molecule has 33 heavy (non-hydrogen) atoms. The molecule has 0 bridgehead atoms. The van der Waals surface area contributed by atoms with Crippen molar-refractivity contribution >= 4 is 40.2 Å². The number of carbonyl (C=O) groups is 2. The fourth-order valence-corrected chi connectivity index (χ4v) is 4.80. The normalized spacial score (nSPS) is 10.6. The molecule has 0 aliphatic rings. The molecule has 0 radical (unpaired) electrons. The third kappa shape index (κ3) is 6.06. The fraction of sp³-hybridized carbons (Fsp3) is 0.160. The van der Waals surface area contributed by atoms with Gasteiger partial charge in [-0.3, -0.25) is 9.59 Å². The minimum absolute atomic E-state index is 0.147. The zero-order valence-electron chi connectivity index (χ0n) is 18.0. The topological polar surface area (TPSA) is 80.3 Å². The molecule has 0 fully saturated rings. The van der Waals surface area contributed by atoms with Gasteiger partial charge in [-0.2, -0.15) is 11.3 Å². The van der Waals surface area contributed by atoms with Crippen LogP contribution < -0.4 is 15.4 Å². The zero-order chi connectivity index (χ0) is 23.0. The van der Waals surface area contributed by atoms with Gasteiger partial charge in [-0.25, -0.2) is 4.98 Å². The minimum atomic E-state index is -0.229. The van der Waals surface area contributed by atoms with E-state index in [4.69, 9.17) is 4.74 Å². The van der Waals surface area contributed by atoms with Crippen LogP contribution in [0.2, 0.25) is 0 Å². The Labute approximate surface area is 200 Å². The third-order valence-electron chi connectivity index (χ3n) is 4.97. The maximum atomic E-state index is 12.7. The van der Waals surface area contributed by atoms with Crippen molar-refractivity contribution in [2.24, 2.45) is 0 Å². The van der Waals surface area contributed by atoms with E-state index in [2.05, 4.69) is 15.6 Å². The predicted molar refractivity (Wildman–Crippen MR) is 133 cm³/mol. The second kappa shape index (κ2) is 10.9. The molecule has 0 saturated heterocycles. The molecule has 8 heteroatoms. The Kier molecular flexibility index (Phi) is 7.49. The average molecular weight is 478 g/mol. The first kappa shape index (κ1) is 22.7. The van der Waals surface area contributed by atoms with Crippen LogP contribution in [0.25, 0.3) is 10.6 Å². The second-order valence-corrected chi connectivity index (χ2v) is 8.92. The number of benzene rings is 2. The van der Waals surface area contributed by atoms with Gasteiger partial charge in [-0.1, -0.05) is 24.3 Å². The molecule has 2 aromatic carbocycles. The van der Waals surface area contributed by atoms with Crippen molar-refractivity contribution in [2.75, 3.05) is 19.0 Å². The summed E-state index contributed by atoms with van der Waals surface area (Å²) in [6, 6.07) is 16.8. The van der Waals surface area contributed by atoms with E-state index in [1.54, 1.807) is 42.7 Å². The van der Waals surface area contributed by atoms with Crippen LogP contribution in [0.1, 0.15) is 21.6 Å². The minimum Gasteiger partial charge on any atom is -0.497 e. The Bertz CT molecular complexity index is 1220. The highest BCUT2D eigenvalue weighted by atomic mass is 32.1. The van der Waals surface area contributed by atoms with Gasteiger partial charge in [0, 0.05) is 22.9 Å². The number of rotatable bonds is 9. The summed E-state index contributed by atoms with van der Waals surface area (Å²) in [6.07, 6.45) is 0.842. The van der Waals surface area contributed by atoms with Crippen molar-refractivity contribution in [2.45, 2.75) is 12.8 Å². The van der Waals surface area contributed by atoms with Crippen molar-refractivity contribution in [1.29, 1.82) is 0 Å². The van der Waals surface area contributed by atoms with Crippen LogP contribution in [-0.2, 0) is 17.6 Å². The van der Waals surface area contributed by atoms with E-state index in [0.717, 1.165) is 21.9 Å². The number of ether oxygens (including phenoxy) is 1. The third-order valence-corrected chi connectivity index (χ3v) is 6.59. The lowest BCUT2D eigenvalue weighted by atomic mass is 10.1. The zero-order valence-corrected chi connectivity index (χ0v) is 19.7. The summed E-state index contributed by atoms with van der Waals surface area (Å²) < 4.78 is 5.16. The van der Waals surface area contributed by atoms with Crippen LogP contribution in [0.5, 0.6) is 5.75 Å². The number of thiophene rings is 1. The van der Waals surface area contributed by atoms with Crippen LogP contribution >= 0.6 is 22.7 Å². The molecule has 168 valence electrons. The number of para-hydroxylation sites is 1. The van der Waals surface area contributed by atoms with Crippen LogP contribution in [0, 0.1) is 0 Å². The van der Waals surface area contributed by atoms with E-state index < -0.39 is 0 Å². The van der Waals surface area contributed by atoms with Gasteiger partial charge in [-0.05, 0) is 47.7 Å². The van der Waals surface area contributed by atoms with Gasteiger partial charge in [0.25, 0.3) is 5.91 Å². The van der Waals surface area contributed by atoms with Gasteiger partial charge < -0.3 is 15.4 Å². The maximum Gasteiger partial charge on any atom is 0.253 e. The molecule has 0 atom stereocenters. The first-order valence-corrected chi connectivity index (χ1v) is 12.2. The Morgan fingerprint density at radius 3 is 2.61 bits per heavy atom. The highest BCUT2D eigenvalue weighted by Gasteiger charge is 2.14. The Balaban J connectivity index is 1.33. The number of thiazole rings is 1. The lowest BCUT2D eigenvalue weighted by molar-refractivity contribution is -0.115. The summed E-state index contributed by atoms with van der Waals surface area (Å²) in [5, 5.41) is 12.6. The summed E-state index contributed by atoms with van der Waals surface area (Å²) in [6.45, 7) is 0.484. The number of amides is 2. The van der Waals surface area contributed by atoms with Crippen molar-refractivity contribution in [3.63, 3.8) is 0 Å². The highest BCUT2D eigenvalue weighted by molar-refractivity contribution is 7.14. The summed E-state index contributed by atoms with van der Waals surface area (Å²) in [5.74, 6) is 0.358. The van der Waals surface area contributed by atoms with Crippen LogP contribution in [0.15, 0.2) is 70.7 Å². The van der Waals surface area contributed by atoms with E-state index in [-0.39, 0.29) is 18.2 Å². The maximum absolute atomic E-state index is 12.7. The van der Waals surface area contributed by atoms with E-state index in [9.17, 15) is 9.59 Å². The number of carbonyl (C=O) groups excluding carboxylic acids is 2. The molecular formula is C25H23N3O3S2.